The predicted molar refractivity (Wildman–Crippen MR) is 169 cm³/mol. The maximum Gasteiger partial charge on any atom is 0.315 e. The number of likely N-dealkylation sites (tertiary alicyclic amines) is 1. The van der Waals surface area contributed by atoms with Crippen LogP contribution >= 0.6 is 0 Å². The fourth-order valence-corrected chi connectivity index (χ4v) is 7.44. The first-order valence-electron chi connectivity index (χ1n) is 15.7. The molecule has 8 heteroatoms. The quantitative estimate of drug-likeness (QED) is 0.411. The topological polar surface area (TPSA) is 93.8 Å². The van der Waals surface area contributed by atoms with Crippen molar-refractivity contribution in [3.05, 3.63) is 83.4 Å². The molecule has 8 nitrogen and oxygen atoms in total. The number of piperidine rings is 2. The summed E-state index contributed by atoms with van der Waals surface area (Å²) < 4.78 is 0. The van der Waals surface area contributed by atoms with Crippen molar-refractivity contribution in [3.63, 3.8) is 0 Å². The molecule has 0 saturated carbocycles. The molecular formula is C35H43N5O3. The molecule has 2 fully saturated rings. The largest absolute Gasteiger partial charge is 0.348 e. The molecule has 2 unspecified atom stereocenters. The zero-order valence-corrected chi connectivity index (χ0v) is 25.3. The molecule has 4 amide bonds. The van der Waals surface area contributed by atoms with Crippen LogP contribution in [0.15, 0.2) is 66.7 Å². The van der Waals surface area contributed by atoms with Gasteiger partial charge in [-0.05, 0) is 66.1 Å². The van der Waals surface area contributed by atoms with Crippen LogP contribution in [-0.4, -0.2) is 80.0 Å². The molecule has 43 heavy (non-hydrogen) atoms. The lowest BCUT2D eigenvalue weighted by Gasteiger charge is -2.41. The summed E-state index contributed by atoms with van der Waals surface area (Å²) in [5.41, 5.74) is 3.29. The number of likely N-dealkylation sites (N-methyl/N-ethyl adjacent to an activating group) is 1. The van der Waals surface area contributed by atoms with Crippen LogP contribution in [-0.2, 0) is 21.4 Å². The molecule has 3 N–H and O–H groups in total. The minimum atomic E-state index is -0.675. The number of fused-ring (bicyclic) bond motifs is 3. The van der Waals surface area contributed by atoms with E-state index in [1.54, 1.807) is 4.90 Å². The second-order valence-electron chi connectivity index (χ2n) is 12.8. The van der Waals surface area contributed by atoms with Crippen LogP contribution in [0.3, 0.4) is 0 Å². The van der Waals surface area contributed by atoms with Gasteiger partial charge in [-0.2, -0.15) is 0 Å². The average molecular weight is 582 g/mol. The van der Waals surface area contributed by atoms with E-state index < -0.39 is 6.04 Å². The molecule has 1 aliphatic carbocycles. The minimum Gasteiger partial charge on any atom is -0.348 e. The van der Waals surface area contributed by atoms with E-state index in [9.17, 15) is 14.4 Å². The molecule has 3 atom stereocenters. The lowest BCUT2D eigenvalue weighted by molar-refractivity contribution is -0.135. The van der Waals surface area contributed by atoms with E-state index in [-0.39, 0.29) is 35.2 Å². The van der Waals surface area contributed by atoms with Crippen molar-refractivity contribution in [1.29, 1.82) is 0 Å². The zero-order chi connectivity index (χ0) is 30.0. The summed E-state index contributed by atoms with van der Waals surface area (Å²) in [7, 11) is 3.64. The third kappa shape index (κ3) is 6.11. The fraction of sp³-hybridized carbons (Fsp3) is 0.457. The molecule has 0 bridgehead atoms. The second-order valence-corrected chi connectivity index (χ2v) is 12.8. The second kappa shape index (κ2) is 12.4. The maximum atomic E-state index is 14.1. The Kier molecular flexibility index (Phi) is 8.39. The van der Waals surface area contributed by atoms with Crippen LogP contribution in [0.4, 0.5) is 4.79 Å². The van der Waals surface area contributed by atoms with E-state index >= 15 is 0 Å². The van der Waals surface area contributed by atoms with Crippen molar-refractivity contribution in [1.82, 2.24) is 25.8 Å². The highest BCUT2D eigenvalue weighted by Gasteiger charge is 2.48. The number of amides is 4. The third-order valence-corrected chi connectivity index (χ3v) is 9.76. The van der Waals surface area contributed by atoms with E-state index in [1.807, 2.05) is 37.2 Å². The number of urea groups is 1. The Labute approximate surface area is 254 Å². The maximum absolute atomic E-state index is 14.1. The highest BCUT2D eigenvalue weighted by molar-refractivity contribution is 5.89. The predicted octanol–water partition coefficient (Wildman–Crippen LogP) is 3.94. The molecule has 3 aromatic rings. The van der Waals surface area contributed by atoms with Crippen molar-refractivity contribution in [2.45, 2.75) is 61.9 Å². The summed E-state index contributed by atoms with van der Waals surface area (Å²) in [6.07, 6.45) is 4.75. The van der Waals surface area contributed by atoms with Crippen LogP contribution in [0.5, 0.6) is 0 Å². The molecule has 1 spiro atoms. The fourth-order valence-electron chi connectivity index (χ4n) is 7.44. The van der Waals surface area contributed by atoms with E-state index in [2.05, 4.69) is 64.5 Å². The first-order chi connectivity index (χ1) is 20.8. The van der Waals surface area contributed by atoms with Crippen molar-refractivity contribution in [2.75, 3.05) is 40.3 Å². The molecule has 2 aliphatic heterocycles. The van der Waals surface area contributed by atoms with Gasteiger partial charge in [-0.25, -0.2) is 4.79 Å². The lowest BCUT2D eigenvalue weighted by Crippen LogP contribution is -2.57. The Hall–Kier alpha value is -3.91. The normalized spacial score (nSPS) is 21.7. The number of hydrogen-bond donors (Lipinski definition) is 3. The van der Waals surface area contributed by atoms with Gasteiger partial charge in [0.15, 0.2) is 0 Å². The van der Waals surface area contributed by atoms with Gasteiger partial charge in [-0.3, -0.25) is 9.59 Å². The number of nitrogens with zero attached hydrogens (tertiary/aromatic N) is 2. The van der Waals surface area contributed by atoms with Crippen molar-refractivity contribution in [2.24, 2.45) is 0 Å². The highest BCUT2D eigenvalue weighted by atomic mass is 16.2. The Bertz CT molecular complexity index is 1490. The average Bonchev–Trinajstić information content (AvgIpc) is 3.34. The summed E-state index contributed by atoms with van der Waals surface area (Å²) in [4.78, 5) is 44.0. The zero-order valence-electron chi connectivity index (χ0n) is 25.3. The number of rotatable bonds is 6. The SMILES string of the molecule is CN(C)C(=O)[C@@H]1CC2(CCN(C(=O)C(Cc3ccc4ccccc4c3)NC(=O)NC3CCCNC3)CC2)c2ccccc21. The van der Waals surface area contributed by atoms with Crippen LogP contribution < -0.4 is 16.0 Å². The van der Waals surface area contributed by atoms with Gasteiger partial charge >= 0.3 is 6.03 Å². The molecule has 3 aliphatic rings. The van der Waals surface area contributed by atoms with E-state index in [4.69, 9.17) is 0 Å². The molecule has 0 aromatic heterocycles. The summed E-state index contributed by atoms with van der Waals surface area (Å²) in [5, 5.41) is 11.7. The number of nitrogens with one attached hydrogen (secondary N) is 3. The summed E-state index contributed by atoms with van der Waals surface area (Å²) >= 11 is 0. The summed E-state index contributed by atoms with van der Waals surface area (Å²) in [6.45, 7) is 2.90. The van der Waals surface area contributed by atoms with Crippen molar-refractivity contribution >= 4 is 28.6 Å². The van der Waals surface area contributed by atoms with Gasteiger partial charge in [0.25, 0.3) is 0 Å². The van der Waals surface area contributed by atoms with E-state index in [0.717, 1.165) is 67.1 Å². The van der Waals surface area contributed by atoms with E-state index in [1.165, 1.54) is 5.56 Å². The standard InChI is InChI=1S/C35H43N5O3/c1-39(2)32(41)29-22-35(30-12-6-5-11-28(29)30)15-18-40(19-16-35)33(42)31(38-34(43)37-27-10-7-17-36-23-27)21-24-13-14-25-8-3-4-9-26(25)20-24/h3-6,8-9,11-14,20,27,29,31,36H,7,10,15-19,21-23H2,1-2H3,(H2,37,38,43)/t27?,29-,31?/m1/s1. The van der Waals surface area contributed by atoms with Crippen molar-refractivity contribution in [3.8, 4) is 0 Å². The Morgan fingerprint density at radius 1 is 1.00 bits per heavy atom. The van der Waals surface area contributed by atoms with Gasteiger partial charge in [0, 0.05) is 51.6 Å². The first-order valence-corrected chi connectivity index (χ1v) is 15.7. The Balaban J connectivity index is 1.19. The molecule has 2 heterocycles. The summed E-state index contributed by atoms with van der Waals surface area (Å²) in [6, 6.07) is 21.9. The van der Waals surface area contributed by atoms with Crippen molar-refractivity contribution < 1.29 is 14.4 Å². The molecule has 226 valence electrons. The monoisotopic (exact) mass is 581 g/mol. The van der Waals surface area contributed by atoms with Crippen LogP contribution in [0.2, 0.25) is 0 Å². The number of carbonyl (C=O) groups excluding carboxylic acids is 3. The Morgan fingerprint density at radius 3 is 2.49 bits per heavy atom. The van der Waals surface area contributed by atoms with Gasteiger partial charge in [0.05, 0.1) is 5.92 Å². The first kappa shape index (κ1) is 29.2. The van der Waals surface area contributed by atoms with Crippen LogP contribution in [0.1, 0.15) is 54.7 Å². The van der Waals surface area contributed by atoms with Gasteiger partial charge in [0.2, 0.25) is 11.8 Å². The van der Waals surface area contributed by atoms with Gasteiger partial charge in [-0.1, -0.05) is 66.7 Å². The minimum absolute atomic E-state index is 0.0490. The van der Waals surface area contributed by atoms with Gasteiger partial charge in [-0.15, -0.1) is 0 Å². The highest BCUT2D eigenvalue weighted by Crippen LogP contribution is 2.52. The lowest BCUT2D eigenvalue weighted by atomic mass is 9.73. The Morgan fingerprint density at radius 2 is 1.74 bits per heavy atom. The molecule has 2 saturated heterocycles. The molecule has 6 rings (SSSR count). The smallest absolute Gasteiger partial charge is 0.315 e. The molecule has 3 aromatic carbocycles. The summed E-state index contributed by atoms with van der Waals surface area (Å²) in [5.74, 6) is -0.0532. The van der Waals surface area contributed by atoms with Gasteiger partial charge in [0.1, 0.15) is 6.04 Å². The molecule has 0 radical (unpaired) electrons. The van der Waals surface area contributed by atoms with Crippen LogP contribution in [0, 0.1) is 0 Å². The van der Waals surface area contributed by atoms with Gasteiger partial charge < -0.3 is 25.8 Å². The number of hydrogen-bond acceptors (Lipinski definition) is 4. The molecular weight excluding hydrogens is 538 g/mol. The number of carbonyl (C=O) groups is 3. The number of benzene rings is 3. The van der Waals surface area contributed by atoms with E-state index in [0.29, 0.717) is 19.5 Å². The van der Waals surface area contributed by atoms with Crippen LogP contribution in [0.25, 0.3) is 10.8 Å². The third-order valence-electron chi connectivity index (χ3n) is 9.76.